The van der Waals surface area contributed by atoms with Crippen LogP contribution in [0, 0.1) is 47.3 Å². The maximum Gasteiger partial charge on any atom is 0.332 e. The highest BCUT2D eigenvalue weighted by atomic mass is 79.9. The number of urea groups is 1. The van der Waals surface area contributed by atoms with Gasteiger partial charge in [0.2, 0.25) is 0 Å². The quantitative estimate of drug-likeness (QED) is 0.553. The Kier molecular flexibility index (Phi) is 1.41. The number of nitrogens with zero attached hydrogens (tertiary/aromatic N) is 1. The van der Waals surface area contributed by atoms with Crippen LogP contribution in [0.5, 0.6) is 0 Å². The molecule has 0 aromatic heterocycles. The van der Waals surface area contributed by atoms with Gasteiger partial charge in [0.1, 0.15) is 0 Å². The lowest BCUT2D eigenvalue weighted by Crippen LogP contribution is -2.30. The van der Waals surface area contributed by atoms with Gasteiger partial charge in [-0.2, -0.15) is 5.10 Å². The van der Waals surface area contributed by atoms with Gasteiger partial charge in [-0.05, 0) is 41.9 Å². The van der Waals surface area contributed by atoms with Gasteiger partial charge in [0, 0.05) is 22.4 Å². The third-order valence-electron chi connectivity index (χ3n) is 6.34. The minimum atomic E-state index is -0.536. The molecule has 90 valence electrons. The summed E-state index contributed by atoms with van der Waals surface area (Å²) in [4.78, 5) is 11.5. The smallest absolute Gasteiger partial charge is 0.332 e. The molecular formula is C12H14BrN3O. The molecule has 4 nitrogen and oxygen atoms in total. The molecule has 6 aliphatic carbocycles. The summed E-state index contributed by atoms with van der Waals surface area (Å²) in [6.07, 6.45) is 1.41. The largest absolute Gasteiger partial charge is 0.350 e. The van der Waals surface area contributed by atoms with Gasteiger partial charge < -0.3 is 5.73 Å². The summed E-state index contributed by atoms with van der Waals surface area (Å²) in [6.45, 7) is 0. The lowest BCUT2D eigenvalue weighted by Gasteiger charge is -2.32. The lowest BCUT2D eigenvalue weighted by molar-refractivity contribution is 0.132. The van der Waals surface area contributed by atoms with E-state index in [1.807, 2.05) is 0 Å². The summed E-state index contributed by atoms with van der Waals surface area (Å²) in [7, 11) is 0. The standard InChI is InChI=1S/C12H14BrN3O/c13-10-6-2-1-3-4(6)9-8(10)5(2)7(3)11(9)15-16-12(14)17/h2-10H,1H2,(H3,14,16,17)/b15-11-/t2-,3-,4+,5-,6-,7+,8-,9+,10+/m1/s1. The van der Waals surface area contributed by atoms with Gasteiger partial charge in [0.05, 0.1) is 0 Å². The van der Waals surface area contributed by atoms with Crippen molar-refractivity contribution in [3.8, 4) is 0 Å². The molecule has 0 aromatic rings. The highest BCUT2D eigenvalue weighted by Crippen LogP contribution is 2.82. The Hall–Kier alpha value is -0.580. The van der Waals surface area contributed by atoms with E-state index in [4.69, 9.17) is 5.73 Å². The highest BCUT2D eigenvalue weighted by molar-refractivity contribution is 9.09. The van der Waals surface area contributed by atoms with E-state index in [1.54, 1.807) is 0 Å². The van der Waals surface area contributed by atoms with Crippen LogP contribution in [0.15, 0.2) is 5.10 Å². The second-order valence-electron chi connectivity index (χ2n) is 6.38. The molecule has 3 N–H and O–H groups in total. The Balaban J connectivity index is 1.62. The van der Waals surface area contributed by atoms with Crippen molar-refractivity contribution < 1.29 is 4.79 Å². The molecule has 6 saturated carbocycles. The Labute approximate surface area is 108 Å². The van der Waals surface area contributed by atoms with Crippen molar-refractivity contribution in [2.24, 2.45) is 58.2 Å². The van der Waals surface area contributed by atoms with Crippen molar-refractivity contribution in [1.82, 2.24) is 5.43 Å². The Bertz CT molecular complexity index is 476. The first-order valence-corrected chi connectivity index (χ1v) is 7.38. The van der Waals surface area contributed by atoms with Crippen LogP contribution in [0.1, 0.15) is 6.42 Å². The second kappa shape index (κ2) is 2.56. The van der Waals surface area contributed by atoms with Crippen molar-refractivity contribution in [3.05, 3.63) is 0 Å². The predicted octanol–water partition coefficient (Wildman–Crippen LogP) is 1.16. The van der Waals surface area contributed by atoms with Crippen LogP contribution in [0.2, 0.25) is 0 Å². The van der Waals surface area contributed by atoms with Gasteiger partial charge in [-0.3, -0.25) is 0 Å². The molecule has 0 heterocycles. The number of carbonyl (C=O) groups is 1. The zero-order valence-corrected chi connectivity index (χ0v) is 10.8. The van der Waals surface area contributed by atoms with Crippen LogP contribution in [0.4, 0.5) is 4.79 Å². The Morgan fingerprint density at radius 1 is 1.24 bits per heavy atom. The van der Waals surface area contributed by atoms with Crippen molar-refractivity contribution >= 4 is 27.7 Å². The number of halogens is 1. The van der Waals surface area contributed by atoms with Crippen LogP contribution >= 0.6 is 15.9 Å². The van der Waals surface area contributed by atoms with Crippen LogP contribution < -0.4 is 11.2 Å². The number of primary amides is 1. The average molecular weight is 296 g/mol. The number of hydrazone groups is 1. The van der Waals surface area contributed by atoms with Gasteiger partial charge >= 0.3 is 6.03 Å². The number of hydrogen-bond acceptors (Lipinski definition) is 2. The number of hydrogen-bond donors (Lipinski definition) is 2. The molecule has 0 radical (unpaired) electrons. The average Bonchev–Trinajstić information content (AvgIpc) is 2.97. The van der Waals surface area contributed by atoms with Crippen molar-refractivity contribution in [2.45, 2.75) is 11.2 Å². The van der Waals surface area contributed by atoms with Gasteiger partial charge in [0.15, 0.2) is 0 Å². The van der Waals surface area contributed by atoms with Gasteiger partial charge in [-0.15, -0.1) is 0 Å². The van der Waals surface area contributed by atoms with Gasteiger partial charge in [-0.1, -0.05) is 15.9 Å². The molecule has 9 atom stereocenters. The van der Waals surface area contributed by atoms with E-state index >= 15 is 0 Å². The van der Waals surface area contributed by atoms with E-state index in [2.05, 4.69) is 26.5 Å². The number of carbonyl (C=O) groups excluding carboxylic acids is 1. The molecule has 6 rings (SSSR count). The monoisotopic (exact) mass is 295 g/mol. The van der Waals surface area contributed by atoms with Crippen LogP contribution in [-0.2, 0) is 0 Å². The summed E-state index contributed by atoms with van der Waals surface area (Å²) in [5.41, 5.74) is 8.86. The third-order valence-corrected chi connectivity index (χ3v) is 7.56. The molecule has 6 fully saturated rings. The number of alkyl halides is 1. The molecule has 0 aromatic carbocycles. The van der Waals surface area contributed by atoms with Crippen molar-refractivity contribution in [1.29, 1.82) is 0 Å². The summed E-state index contributed by atoms with van der Waals surface area (Å²) < 4.78 is 0. The second-order valence-corrected chi connectivity index (χ2v) is 7.44. The maximum absolute atomic E-state index is 10.8. The first kappa shape index (κ1) is 9.36. The summed E-state index contributed by atoms with van der Waals surface area (Å²) in [6, 6.07) is -0.536. The number of rotatable bonds is 1. The first-order valence-electron chi connectivity index (χ1n) is 6.47. The normalized spacial score (nSPS) is 65.7. The fraction of sp³-hybridized carbons (Fsp3) is 0.833. The fourth-order valence-corrected chi connectivity index (χ4v) is 7.92. The van der Waals surface area contributed by atoms with Gasteiger partial charge in [-0.25, -0.2) is 10.2 Å². The highest BCUT2D eigenvalue weighted by Gasteiger charge is 2.82. The summed E-state index contributed by atoms with van der Waals surface area (Å²) in [5.74, 6) is 6.55. The minimum absolute atomic E-state index is 0.536. The molecule has 0 spiro atoms. The van der Waals surface area contributed by atoms with Crippen molar-refractivity contribution in [2.75, 3.05) is 0 Å². The zero-order valence-electron chi connectivity index (χ0n) is 9.21. The summed E-state index contributed by atoms with van der Waals surface area (Å²) >= 11 is 3.93. The molecule has 2 amide bonds. The Morgan fingerprint density at radius 3 is 2.71 bits per heavy atom. The van der Waals surface area contributed by atoms with E-state index in [1.165, 1.54) is 12.1 Å². The zero-order chi connectivity index (χ0) is 11.5. The predicted molar refractivity (Wildman–Crippen MR) is 65.4 cm³/mol. The molecule has 6 bridgehead atoms. The lowest BCUT2D eigenvalue weighted by atomic mass is 9.71. The molecule has 0 unspecified atom stereocenters. The summed E-state index contributed by atoms with van der Waals surface area (Å²) in [5, 5.41) is 4.35. The van der Waals surface area contributed by atoms with Crippen LogP contribution in [-0.4, -0.2) is 16.6 Å². The topological polar surface area (TPSA) is 67.5 Å². The molecule has 6 aliphatic rings. The SMILES string of the molecule is NC(=O)N/N=C1/[C@H]2[C@@H]3C[C@H]4[C@H]5[C@H](Br)[C@@H]([C@@H]1[C@@H]35)[C@H]42. The minimum Gasteiger partial charge on any atom is -0.350 e. The molecule has 0 aliphatic heterocycles. The molecule has 0 saturated heterocycles. The van der Waals surface area contributed by atoms with E-state index < -0.39 is 6.03 Å². The molecule has 5 heteroatoms. The van der Waals surface area contributed by atoms with Crippen LogP contribution in [0.3, 0.4) is 0 Å². The molecule has 17 heavy (non-hydrogen) atoms. The Morgan fingerprint density at radius 2 is 2.00 bits per heavy atom. The van der Waals surface area contributed by atoms with Crippen molar-refractivity contribution in [3.63, 3.8) is 0 Å². The third kappa shape index (κ3) is 0.761. The number of nitrogens with one attached hydrogen (secondary N) is 1. The van der Waals surface area contributed by atoms with E-state index in [-0.39, 0.29) is 0 Å². The fourth-order valence-electron chi connectivity index (χ4n) is 6.49. The van der Waals surface area contributed by atoms with E-state index in [0.29, 0.717) is 16.7 Å². The number of nitrogens with two attached hydrogens (primary N) is 1. The van der Waals surface area contributed by atoms with Gasteiger partial charge in [0.25, 0.3) is 0 Å². The number of amides is 2. The van der Waals surface area contributed by atoms with E-state index in [0.717, 1.165) is 35.5 Å². The maximum atomic E-state index is 10.8. The van der Waals surface area contributed by atoms with E-state index in [9.17, 15) is 4.79 Å². The molecular weight excluding hydrogens is 282 g/mol. The first-order chi connectivity index (χ1) is 8.20. The van der Waals surface area contributed by atoms with Crippen LogP contribution in [0.25, 0.3) is 0 Å².